The lowest BCUT2D eigenvalue weighted by atomic mass is 9.96. The molecule has 4 heteroatoms. The van der Waals surface area contributed by atoms with E-state index in [1.54, 1.807) is 7.11 Å². The molecular formula is C12H26N2O2. The van der Waals surface area contributed by atoms with E-state index >= 15 is 0 Å². The van der Waals surface area contributed by atoms with Crippen molar-refractivity contribution in [3.8, 4) is 0 Å². The third-order valence-corrected chi connectivity index (χ3v) is 2.49. The van der Waals surface area contributed by atoms with E-state index in [4.69, 9.17) is 10.5 Å². The number of nitrogens with one attached hydrogen (secondary N) is 1. The number of rotatable bonds is 8. The predicted octanol–water partition coefficient (Wildman–Crippen LogP) is 1.01. The van der Waals surface area contributed by atoms with Crippen LogP contribution in [-0.4, -0.2) is 32.7 Å². The molecule has 0 spiro atoms. The summed E-state index contributed by atoms with van der Waals surface area (Å²) < 4.78 is 5.01. The second-order valence-electron chi connectivity index (χ2n) is 4.87. The monoisotopic (exact) mass is 230 g/mol. The molecule has 0 radical (unpaired) electrons. The maximum atomic E-state index is 11.8. The van der Waals surface area contributed by atoms with Crippen molar-refractivity contribution < 1.29 is 9.53 Å². The van der Waals surface area contributed by atoms with Gasteiger partial charge in [0.2, 0.25) is 5.91 Å². The quantitative estimate of drug-likeness (QED) is 0.654. The number of nitrogens with two attached hydrogens (primary N) is 1. The fraction of sp³-hybridized carbons (Fsp3) is 0.917. The number of amides is 1. The van der Waals surface area contributed by atoms with Crippen LogP contribution in [0.3, 0.4) is 0 Å². The first-order valence-electron chi connectivity index (χ1n) is 5.97. The van der Waals surface area contributed by atoms with Crippen molar-refractivity contribution in [2.24, 2.45) is 23.5 Å². The molecular weight excluding hydrogens is 204 g/mol. The van der Waals surface area contributed by atoms with Crippen LogP contribution in [0.25, 0.3) is 0 Å². The standard InChI is InChI=1S/C12H26N2O2/c1-9(2)5-11(6-13)12(15)14-7-10(3)8-16-4/h9-11H,5-8,13H2,1-4H3,(H,14,15). The largest absolute Gasteiger partial charge is 0.384 e. The molecule has 0 aromatic rings. The van der Waals surface area contributed by atoms with Crippen LogP contribution in [-0.2, 0) is 9.53 Å². The summed E-state index contributed by atoms with van der Waals surface area (Å²) >= 11 is 0. The Morgan fingerprint density at radius 1 is 1.38 bits per heavy atom. The van der Waals surface area contributed by atoms with E-state index in [0.29, 0.717) is 31.5 Å². The van der Waals surface area contributed by atoms with Crippen LogP contribution in [0.1, 0.15) is 27.2 Å². The van der Waals surface area contributed by atoms with E-state index in [2.05, 4.69) is 19.2 Å². The minimum atomic E-state index is -0.0604. The molecule has 0 aromatic carbocycles. The van der Waals surface area contributed by atoms with Gasteiger partial charge in [-0.1, -0.05) is 20.8 Å². The molecule has 3 N–H and O–H groups in total. The molecule has 16 heavy (non-hydrogen) atoms. The minimum absolute atomic E-state index is 0.0604. The maximum absolute atomic E-state index is 11.8. The molecule has 0 aliphatic rings. The van der Waals surface area contributed by atoms with Gasteiger partial charge in [0, 0.05) is 20.2 Å². The Hall–Kier alpha value is -0.610. The summed E-state index contributed by atoms with van der Waals surface area (Å²) in [6, 6.07) is 0. The van der Waals surface area contributed by atoms with Crippen molar-refractivity contribution in [3.63, 3.8) is 0 Å². The predicted molar refractivity (Wildman–Crippen MR) is 66.0 cm³/mol. The zero-order chi connectivity index (χ0) is 12.6. The molecule has 0 aliphatic carbocycles. The average molecular weight is 230 g/mol. The van der Waals surface area contributed by atoms with E-state index in [0.717, 1.165) is 6.42 Å². The van der Waals surface area contributed by atoms with E-state index in [1.165, 1.54) is 0 Å². The second kappa shape index (κ2) is 8.53. The Morgan fingerprint density at radius 2 is 2.00 bits per heavy atom. The fourth-order valence-electron chi connectivity index (χ4n) is 1.64. The highest BCUT2D eigenvalue weighted by molar-refractivity contribution is 5.78. The van der Waals surface area contributed by atoms with E-state index in [1.807, 2.05) is 6.92 Å². The second-order valence-corrected chi connectivity index (χ2v) is 4.87. The van der Waals surface area contributed by atoms with Gasteiger partial charge in [-0.25, -0.2) is 0 Å². The zero-order valence-electron chi connectivity index (χ0n) is 11.0. The van der Waals surface area contributed by atoms with Crippen LogP contribution in [0.4, 0.5) is 0 Å². The van der Waals surface area contributed by atoms with Crippen molar-refractivity contribution in [2.75, 3.05) is 26.8 Å². The third kappa shape index (κ3) is 6.80. The highest BCUT2D eigenvalue weighted by Gasteiger charge is 2.18. The van der Waals surface area contributed by atoms with Gasteiger partial charge >= 0.3 is 0 Å². The van der Waals surface area contributed by atoms with E-state index in [9.17, 15) is 4.79 Å². The molecule has 0 aromatic heterocycles. The summed E-state index contributed by atoms with van der Waals surface area (Å²) in [4.78, 5) is 11.8. The maximum Gasteiger partial charge on any atom is 0.224 e. The molecule has 2 unspecified atom stereocenters. The summed E-state index contributed by atoms with van der Waals surface area (Å²) in [5, 5.41) is 2.92. The number of hydrogen-bond donors (Lipinski definition) is 2. The Morgan fingerprint density at radius 3 is 2.44 bits per heavy atom. The fourth-order valence-corrected chi connectivity index (χ4v) is 1.64. The lowest BCUT2D eigenvalue weighted by molar-refractivity contribution is -0.125. The molecule has 0 bridgehead atoms. The minimum Gasteiger partial charge on any atom is -0.384 e. The summed E-state index contributed by atoms with van der Waals surface area (Å²) in [5.74, 6) is 0.844. The van der Waals surface area contributed by atoms with Crippen LogP contribution < -0.4 is 11.1 Å². The van der Waals surface area contributed by atoms with Gasteiger partial charge in [0.25, 0.3) is 0 Å². The van der Waals surface area contributed by atoms with E-state index < -0.39 is 0 Å². The highest BCUT2D eigenvalue weighted by Crippen LogP contribution is 2.10. The normalized spacial score (nSPS) is 14.9. The zero-order valence-corrected chi connectivity index (χ0v) is 11.0. The van der Waals surface area contributed by atoms with Crippen LogP contribution in [0.15, 0.2) is 0 Å². The first-order valence-corrected chi connectivity index (χ1v) is 5.97. The summed E-state index contributed by atoms with van der Waals surface area (Å²) in [6.45, 7) is 7.98. The molecule has 0 aliphatic heterocycles. The van der Waals surface area contributed by atoms with Gasteiger partial charge in [0.1, 0.15) is 0 Å². The Labute approximate surface area is 98.9 Å². The number of carbonyl (C=O) groups is 1. The molecule has 0 rings (SSSR count). The van der Waals surface area contributed by atoms with E-state index in [-0.39, 0.29) is 11.8 Å². The Kier molecular flexibility index (Phi) is 8.21. The van der Waals surface area contributed by atoms with Crippen LogP contribution in [0.2, 0.25) is 0 Å². The summed E-state index contributed by atoms with van der Waals surface area (Å²) in [5.41, 5.74) is 5.60. The van der Waals surface area contributed by atoms with Crippen molar-refractivity contribution in [1.29, 1.82) is 0 Å². The van der Waals surface area contributed by atoms with Crippen LogP contribution >= 0.6 is 0 Å². The van der Waals surface area contributed by atoms with Gasteiger partial charge in [-0.2, -0.15) is 0 Å². The number of methoxy groups -OCH3 is 1. The van der Waals surface area contributed by atoms with Gasteiger partial charge in [0.15, 0.2) is 0 Å². The summed E-state index contributed by atoms with van der Waals surface area (Å²) in [6.07, 6.45) is 0.848. The SMILES string of the molecule is COCC(C)CNC(=O)C(CN)CC(C)C. The molecule has 0 heterocycles. The molecule has 2 atom stereocenters. The average Bonchev–Trinajstić information content (AvgIpc) is 2.22. The lowest BCUT2D eigenvalue weighted by Gasteiger charge is -2.18. The molecule has 0 saturated carbocycles. The van der Waals surface area contributed by atoms with Gasteiger partial charge in [-0.15, -0.1) is 0 Å². The number of hydrogen-bond acceptors (Lipinski definition) is 3. The molecule has 0 saturated heterocycles. The van der Waals surface area contributed by atoms with Gasteiger partial charge < -0.3 is 15.8 Å². The van der Waals surface area contributed by atoms with Crippen molar-refractivity contribution in [1.82, 2.24) is 5.32 Å². The topological polar surface area (TPSA) is 64.3 Å². The smallest absolute Gasteiger partial charge is 0.224 e. The lowest BCUT2D eigenvalue weighted by Crippen LogP contribution is -2.38. The third-order valence-electron chi connectivity index (χ3n) is 2.49. The molecule has 0 fully saturated rings. The van der Waals surface area contributed by atoms with Crippen LogP contribution in [0.5, 0.6) is 0 Å². The van der Waals surface area contributed by atoms with Crippen molar-refractivity contribution in [2.45, 2.75) is 27.2 Å². The van der Waals surface area contributed by atoms with Gasteiger partial charge in [-0.05, 0) is 18.3 Å². The Balaban J connectivity index is 3.92. The first kappa shape index (κ1) is 15.4. The van der Waals surface area contributed by atoms with Crippen molar-refractivity contribution >= 4 is 5.91 Å². The number of ether oxygens (including phenoxy) is 1. The molecule has 1 amide bonds. The first-order chi connectivity index (χ1) is 7.51. The number of carbonyl (C=O) groups excluding carboxylic acids is 1. The van der Waals surface area contributed by atoms with Gasteiger partial charge in [-0.3, -0.25) is 4.79 Å². The van der Waals surface area contributed by atoms with Crippen molar-refractivity contribution in [3.05, 3.63) is 0 Å². The molecule has 96 valence electrons. The van der Waals surface area contributed by atoms with Crippen LogP contribution in [0, 0.1) is 17.8 Å². The summed E-state index contributed by atoms with van der Waals surface area (Å²) in [7, 11) is 1.67. The highest BCUT2D eigenvalue weighted by atomic mass is 16.5. The Bertz CT molecular complexity index is 195. The van der Waals surface area contributed by atoms with Gasteiger partial charge in [0.05, 0.1) is 12.5 Å². The molecule has 4 nitrogen and oxygen atoms in total.